The fourth-order valence-electron chi connectivity index (χ4n) is 3.35. The first-order valence-corrected chi connectivity index (χ1v) is 10.5. The zero-order valence-corrected chi connectivity index (χ0v) is 17.6. The number of carboxylic acids is 1. The third kappa shape index (κ3) is 5.41. The third-order valence-electron chi connectivity index (χ3n) is 4.92. The van der Waals surface area contributed by atoms with Crippen molar-refractivity contribution in [3.05, 3.63) is 82.9 Å². The second kappa shape index (κ2) is 9.62. The molecule has 0 radical (unpaired) electrons. The summed E-state index contributed by atoms with van der Waals surface area (Å²) in [5.74, 6) is -0.132. The van der Waals surface area contributed by atoms with E-state index in [0.29, 0.717) is 23.1 Å². The van der Waals surface area contributed by atoms with Gasteiger partial charge in [0, 0.05) is 5.02 Å². The van der Waals surface area contributed by atoms with Crippen LogP contribution in [0.2, 0.25) is 5.02 Å². The number of hydrogen-bond donors (Lipinski definition) is 1. The standard InChI is InChI=1S/C24H22ClN3O3/c25-19-12-13-23(22(16-19)28-26-20-6-1-2-7-21(20)27-28)31-14-4-3-5-17-8-10-18(11-9-17)15-24(29)30/h1-2,6-13,16H,3-5,14-15H2,(H,29,30). The topological polar surface area (TPSA) is 77.2 Å². The van der Waals surface area contributed by atoms with Crippen LogP contribution in [0.4, 0.5) is 0 Å². The fraction of sp³-hybridized carbons (Fsp3) is 0.208. The van der Waals surface area contributed by atoms with E-state index in [1.807, 2.05) is 54.6 Å². The zero-order chi connectivity index (χ0) is 21.6. The monoisotopic (exact) mass is 435 g/mol. The molecule has 0 saturated carbocycles. The Kier molecular flexibility index (Phi) is 6.48. The van der Waals surface area contributed by atoms with Gasteiger partial charge in [-0.15, -0.1) is 15.0 Å². The number of ether oxygens (including phenoxy) is 1. The summed E-state index contributed by atoms with van der Waals surface area (Å²) in [4.78, 5) is 12.3. The summed E-state index contributed by atoms with van der Waals surface area (Å²) < 4.78 is 6.02. The van der Waals surface area contributed by atoms with Crippen LogP contribution < -0.4 is 4.74 Å². The van der Waals surface area contributed by atoms with Gasteiger partial charge in [-0.1, -0.05) is 48.0 Å². The maximum atomic E-state index is 10.8. The summed E-state index contributed by atoms with van der Waals surface area (Å²) in [6.07, 6.45) is 2.81. The smallest absolute Gasteiger partial charge is 0.307 e. The Bertz CT molecular complexity index is 1160. The Morgan fingerprint density at radius 1 is 0.935 bits per heavy atom. The number of halogens is 1. The van der Waals surface area contributed by atoms with Crippen molar-refractivity contribution in [3.8, 4) is 11.4 Å². The van der Waals surface area contributed by atoms with Gasteiger partial charge in [0.2, 0.25) is 0 Å². The average molecular weight is 436 g/mol. The predicted octanol–water partition coefficient (Wildman–Crippen LogP) is 5.10. The van der Waals surface area contributed by atoms with Crippen LogP contribution >= 0.6 is 11.6 Å². The van der Waals surface area contributed by atoms with Gasteiger partial charge in [0.15, 0.2) is 0 Å². The van der Waals surface area contributed by atoms with Crippen molar-refractivity contribution in [1.82, 2.24) is 15.0 Å². The number of nitrogens with zero attached hydrogens (tertiary/aromatic N) is 3. The number of unbranched alkanes of at least 4 members (excludes halogenated alkanes) is 1. The lowest BCUT2D eigenvalue weighted by atomic mass is 10.0. The van der Waals surface area contributed by atoms with Crippen LogP contribution in [0.25, 0.3) is 16.7 Å². The molecule has 0 unspecified atom stereocenters. The van der Waals surface area contributed by atoms with Crippen LogP contribution in [-0.4, -0.2) is 32.7 Å². The van der Waals surface area contributed by atoms with Crippen LogP contribution in [-0.2, 0) is 17.6 Å². The summed E-state index contributed by atoms with van der Waals surface area (Å²) in [6.45, 7) is 0.562. The molecule has 0 aliphatic heterocycles. The minimum atomic E-state index is -0.815. The van der Waals surface area contributed by atoms with Crippen LogP contribution in [0, 0.1) is 0 Å². The van der Waals surface area contributed by atoms with Crippen LogP contribution in [0.15, 0.2) is 66.7 Å². The zero-order valence-electron chi connectivity index (χ0n) is 16.9. The van der Waals surface area contributed by atoms with Gasteiger partial charge in [-0.25, -0.2) is 0 Å². The quantitative estimate of drug-likeness (QED) is 0.370. The van der Waals surface area contributed by atoms with E-state index in [2.05, 4.69) is 10.2 Å². The second-order valence-corrected chi connectivity index (χ2v) is 7.72. The Morgan fingerprint density at radius 3 is 2.29 bits per heavy atom. The van der Waals surface area contributed by atoms with Crippen LogP contribution in [0.1, 0.15) is 24.0 Å². The van der Waals surface area contributed by atoms with E-state index in [1.54, 1.807) is 16.9 Å². The normalized spacial score (nSPS) is 11.0. The molecule has 1 aromatic heterocycles. The Hall–Kier alpha value is -3.38. The SMILES string of the molecule is O=C(O)Cc1ccc(CCCCOc2ccc(Cl)cc2-n2nc3ccccc3n2)cc1. The average Bonchev–Trinajstić information content (AvgIpc) is 3.19. The van der Waals surface area contributed by atoms with Crippen molar-refractivity contribution in [3.63, 3.8) is 0 Å². The molecule has 7 heteroatoms. The van der Waals surface area contributed by atoms with Gasteiger partial charge in [0.05, 0.1) is 13.0 Å². The van der Waals surface area contributed by atoms with E-state index in [-0.39, 0.29) is 6.42 Å². The van der Waals surface area contributed by atoms with Gasteiger partial charge < -0.3 is 9.84 Å². The molecule has 158 valence electrons. The maximum Gasteiger partial charge on any atom is 0.307 e. The molecule has 4 rings (SSSR count). The minimum absolute atomic E-state index is 0.0538. The van der Waals surface area contributed by atoms with Gasteiger partial charge in [-0.05, 0) is 60.7 Å². The molecule has 0 amide bonds. The number of hydrogen-bond acceptors (Lipinski definition) is 4. The van der Waals surface area contributed by atoms with E-state index in [9.17, 15) is 4.79 Å². The van der Waals surface area contributed by atoms with Crippen molar-refractivity contribution in [1.29, 1.82) is 0 Å². The summed E-state index contributed by atoms with van der Waals surface area (Å²) >= 11 is 6.20. The van der Waals surface area contributed by atoms with Gasteiger partial charge >= 0.3 is 5.97 Å². The van der Waals surface area contributed by atoms with Crippen molar-refractivity contribution in [2.45, 2.75) is 25.7 Å². The Balaban J connectivity index is 1.34. The fourth-order valence-corrected chi connectivity index (χ4v) is 3.51. The maximum absolute atomic E-state index is 10.8. The molecule has 0 aliphatic carbocycles. The summed E-state index contributed by atoms with van der Waals surface area (Å²) in [5, 5.41) is 18.5. The van der Waals surface area contributed by atoms with Crippen molar-refractivity contribution in [2.24, 2.45) is 0 Å². The highest BCUT2D eigenvalue weighted by atomic mass is 35.5. The molecule has 1 N–H and O–H groups in total. The lowest BCUT2D eigenvalue weighted by Crippen LogP contribution is -2.05. The van der Waals surface area contributed by atoms with E-state index in [0.717, 1.165) is 35.9 Å². The molecule has 1 heterocycles. The van der Waals surface area contributed by atoms with Crippen molar-refractivity contribution >= 4 is 28.6 Å². The van der Waals surface area contributed by atoms with Gasteiger partial charge in [0.1, 0.15) is 22.5 Å². The van der Waals surface area contributed by atoms with Crippen LogP contribution in [0.3, 0.4) is 0 Å². The summed E-state index contributed by atoms with van der Waals surface area (Å²) in [5.41, 5.74) is 4.33. The molecule has 0 bridgehead atoms. The van der Waals surface area contributed by atoms with Crippen LogP contribution in [0.5, 0.6) is 5.75 Å². The van der Waals surface area contributed by atoms with E-state index in [1.165, 1.54) is 5.56 Å². The Labute approximate surface area is 185 Å². The molecule has 3 aromatic carbocycles. The number of aryl methyl sites for hydroxylation is 1. The molecule has 0 saturated heterocycles. The second-order valence-electron chi connectivity index (χ2n) is 7.28. The molecule has 0 atom stereocenters. The first-order chi connectivity index (χ1) is 15.1. The Morgan fingerprint density at radius 2 is 1.61 bits per heavy atom. The van der Waals surface area contributed by atoms with Crippen molar-refractivity contribution < 1.29 is 14.6 Å². The molecule has 31 heavy (non-hydrogen) atoms. The number of benzene rings is 3. The lowest BCUT2D eigenvalue weighted by Gasteiger charge is -2.11. The molecular weight excluding hydrogens is 414 g/mol. The number of aromatic nitrogens is 3. The van der Waals surface area contributed by atoms with E-state index < -0.39 is 5.97 Å². The molecule has 0 fully saturated rings. The number of aliphatic carboxylic acids is 1. The van der Waals surface area contributed by atoms with Gasteiger partial charge in [-0.2, -0.15) is 0 Å². The highest BCUT2D eigenvalue weighted by molar-refractivity contribution is 6.30. The van der Waals surface area contributed by atoms with Gasteiger partial charge in [0.25, 0.3) is 0 Å². The highest BCUT2D eigenvalue weighted by Gasteiger charge is 2.11. The highest BCUT2D eigenvalue weighted by Crippen LogP contribution is 2.27. The largest absolute Gasteiger partial charge is 0.491 e. The molecule has 0 spiro atoms. The summed E-state index contributed by atoms with van der Waals surface area (Å²) in [7, 11) is 0. The molecular formula is C24H22ClN3O3. The number of carbonyl (C=O) groups is 1. The van der Waals surface area contributed by atoms with Gasteiger partial charge in [-0.3, -0.25) is 4.79 Å². The van der Waals surface area contributed by atoms with E-state index in [4.69, 9.17) is 21.4 Å². The van der Waals surface area contributed by atoms with Crippen molar-refractivity contribution in [2.75, 3.05) is 6.61 Å². The lowest BCUT2D eigenvalue weighted by molar-refractivity contribution is -0.136. The molecule has 4 aromatic rings. The number of fused-ring (bicyclic) bond motifs is 1. The van der Waals surface area contributed by atoms with E-state index >= 15 is 0 Å². The number of carboxylic acid groups (broad SMARTS) is 1. The molecule has 6 nitrogen and oxygen atoms in total. The first-order valence-electron chi connectivity index (χ1n) is 10.1. The third-order valence-corrected chi connectivity index (χ3v) is 5.15. The first kappa shape index (κ1) is 20.9. The number of rotatable bonds is 9. The predicted molar refractivity (Wildman–Crippen MR) is 120 cm³/mol. The molecule has 0 aliphatic rings. The minimum Gasteiger partial charge on any atom is -0.491 e. The summed E-state index contributed by atoms with van der Waals surface area (Å²) in [6, 6.07) is 20.9.